The Balaban J connectivity index is 1.61. The Morgan fingerprint density at radius 3 is 2.12 bits per heavy atom. The summed E-state index contributed by atoms with van der Waals surface area (Å²) in [5, 5.41) is 1.97. The highest BCUT2D eigenvalue weighted by Crippen LogP contribution is 2.27. The standard InChI is InChI=1S/C29H27NOS/c1-21-9-7-8-10-24(21)17-19-30(29(31)28-22(2)18-20-32-28)23(3)25-13-15-27(16-14-25)26-11-5-4-6-12-26/h4-16,18,20H,3,17,19H2,1-2H3. The van der Waals surface area contributed by atoms with E-state index >= 15 is 0 Å². The van der Waals surface area contributed by atoms with Crippen LogP contribution in [0.3, 0.4) is 0 Å². The minimum atomic E-state index is 0.0169. The van der Waals surface area contributed by atoms with Crippen molar-refractivity contribution in [2.24, 2.45) is 0 Å². The van der Waals surface area contributed by atoms with Gasteiger partial charge >= 0.3 is 0 Å². The van der Waals surface area contributed by atoms with Crippen LogP contribution < -0.4 is 0 Å². The van der Waals surface area contributed by atoms with Crippen LogP contribution in [-0.4, -0.2) is 17.4 Å². The number of carbonyl (C=O) groups excluding carboxylic acids is 1. The monoisotopic (exact) mass is 437 g/mol. The quantitative estimate of drug-likeness (QED) is 0.295. The molecule has 0 bridgehead atoms. The summed E-state index contributed by atoms with van der Waals surface area (Å²) in [6.07, 6.45) is 0.782. The molecular formula is C29H27NOS. The van der Waals surface area contributed by atoms with E-state index in [1.165, 1.54) is 28.0 Å². The molecule has 0 saturated heterocycles. The SMILES string of the molecule is C=C(c1ccc(-c2ccccc2)cc1)N(CCc1ccccc1C)C(=O)c1sccc1C. The first kappa shape index (κ1) is 21.8. The van der Waals surface area contributed by atoms with Gasteiger partial charge in [-0.3, -0.25) is 4.79 Å². The molecule has 3 heteroatoms. The fourth-order valence-corrected chi connectivity index (χ4v) is 4.71. The lowest BCUT2D eigenvalue weighted by Crippen LogP contribution is -2.31. The van der Waals surface area contributed by atoms with Gasteiger partial charge in [0, 0.05) is 12.2 Å². The van der Waals surface area contributed by atoms with Gasteiger partial charge in [0.2, 0.25) is 0 Å². The van der Waals surface area contributed by atoms with E-state index in [1.54, 1.807) is 0 Å². The summed E-state index contributed by atoms with van der Waals surface area (Å²) in [7, 11) is 0. The number of hydrogen-bond donors (Lipinski definition) is 0. The van der Waals surface area contributed by atoms with Crippen molar-refractivity contribution in [1.29, 1.82) is 0 Å². The van der Waals surface area contributed by atoms with E-state index in [1.807, 2.05) is 47.5 Å². The number of aryl methyl sites for hydroxylation is 2. The van der Waals surface area contributed by atoms with Gasteiger partial charge in [-0.1, -0.05) is 85.4 Å². The van der Waals surface area contributed by atoms with E-state index in [-0.39, 0.29) is 5.91 Å². The highest BCUT2D eigenvalue weighted by atomic mass is 32.1. The highest BCUT2D eigenvalue weighted by molar-refractivity contribution is 7.12. The first-order valence-corrected chi connectivity index (χ1v) is 11.7. The summed E-state index contributed by atoms with van der Waals surface area (Å²) in [5.41, 5.74) is 7.51. The zero-order valence-electron chi connectivity index (χ0n) is 18.5. The van der Waals surface area contributed by atoms with Crippen molar-refractivity contribution in [3.05, 3.63) is 124 Å². The van der Waals surface area contributed by atoms with Crippen molar-refractivity contribution in [3.8, 4) is 11.1 Å². The molecule has 0 aliphatic carbocycles. The molecule has 160 valence electrons. The molecule has 2 nitrogen and oxygen atoms in total. The minimum Gasteiger partial charge on any atom is -0.307 e. The third kappa shape index (κ3) is 4.74. The fraction of sp³-hybridized carbons (Fsp3) is 0.138. The molecule has 1 heterocycles. The first-order chi connectivity index (χ1) is 15.5. The maximum atomic E-state index is 13.5. The second-order valence-corrected chi connectivity index (χ2v) is 8.87. The van der Waals surface area contributed by atoms with E-state index in [0.717, 1.165) is 33.7 Å². The van der Waals surface area contributed by atoms with Crippen molar-refractivity contribution in [1.82, 2.24) is 4.90 Å². The lowest BCUT2D eigenvalue weighted by Gasteiger charge is -2.25. The molecule has 0 saturated carbocycles. The normalized spacial score (nSPS) is 10.7. The summed E-state index contributed by atoms with van der Waals surface area (Å²) >= 11 is 1.49. The molecule has 0 N–H and O–H groups in total. The van der Waals surface area contributed by atoms with Crippen molar-refractivity contribution < 1.29 is 4.79 Å². The minimum absolute atomic E-state index is 0.0169. The number of rotatable bonds is 7. The summed E-state index contributed by atoms with van der Waals surface area (Å²) in [5.74, 6) is 0.0169. The van der Waals surface area contributed by atoms with Crippen LogP contribution >= 0.6 is 11.3 Å². The second-order valence-electron chi connectivity index (χ2n) is 7.96. The first-order valence-electron chi connectivity index (χ1n) is 10.8. The number of benzene rings is 3. The van der Waals surface area contributed by atoms with Gasteiger partial charge in [-0.25, -0.2) is 0 Å². The number of thiophene rings is 1. The predicted molar refractivity (Wildman–Crippen MR) is 136 cm³/mol. The molecule has 4 aromatic rings. The van der Waals surface area contributed by atoms with Crippen LogP contribution in [0.4, 0.5) is 0 Å². The van der Waals surface area contributed by atoms with E-state index in [9.17, 15) is 4.79 Å². The summed E-state index contributed by atoms with van der Waals surface area (Å²) in [6.45, 7) is 9.02. The smallest absolute Gasteiger partial charge is 0.268 e. The fourth-order valence-electron chi connectivity index (χ4n) is 3.84. The largest absolute Gasteiger partial charge is 0.307 e. The molecule has 0 aliphatic heterocycles. The van der Waals surface area contributed by atoms with Crippen LogP contribution in [0.15, 0.2) is 96.9 Å². The second kappa shape index (κ2) is 9.80. The number of amides is 1. The highest BCUT2D eigenvalue weighted by Gasteiger charge is 2.22. The zero-order valence-corrected chi connectivity index (χ0v) is 19.4. The van der Waals surface area contributed by atoms with E-state index in [0.29, 0.717) is 6.54 Å². The molecule has 3 aromatic carbocycles. The van der Waals surface area contributed by atoms with Crippen LogP contribution in [0.2, 0.25) is 0 Å². The average molecular weight is 438 g/mol. The topological polar surface area (TPSA) is 20.3 Å². The van der Waals surface area contributed by atoms with Crippen LogP contribution in [-0.2, 0) is 6.42 Å². The maximum absolute atomic E-state index is 13.5. The van der Waals surface area contributed by atoms with Crippen molar-refractivity contribution in [2.45, 2.75) is 20.3 Å². The maximum Gasteiger partial charge on any atom is 0.268 e. The van der Waals surface area contributed by atoms with Crippen molar-refractivity contribution in [2.75, 3.05) is 6.54 Å². The molecule has 32 heavy (non-hydrogen) atoms. The molecule has 0 radical (unpaired) electrons. The van der Waals surface area contributed by atoms with Crippen LogP contribution in [0, 0.1) is 13.8 Å². The number of carbonyl (C=O) groups is 1. The lowest BCUT2D eigenvalue weighted by molar-refractivity contribution is 0.0841. The molecule has 0 unspecified atom stereocenters. The lowest BCUT2D eigenvalue weighted by atomic mass is 10.0. The summed E-state index contributed by atoms with van der Waals surface area (Å²) < 4.78 is 0. The Hall–Kier alpha value is -3.43. The summed E-state index contributed by atoms with van der Waals surface area (Å²) in [6, 6.07) is 28.9. The molecule has 4 rings (SSSR count). The Morgan fingerprint density at radius 2 is 1.47 bits per heavy atom. The molecular weight excluding hydrogens is 410 g/mol. The zero-order chi connectivity index (χ0) is 22.5. The van der Waals surface area contributed by atoms with Gasteiger partial charge in [-0.05, 0) is 65.1 Å². The molecule has 1 amide bonds. The molecule has 0 atom stereocenters. The third-order valence-corrected chi connectivity index (χ3v) is 6.82. The van der Waals surface area contributed by atoms with Crippen molar-refractivity contribution in [3.63, 3.8) is 0 Å². The van der Waals surface area contributed by atoms with Gasteiger partial charge in [0.05, 0.1) is 4.88 Å². The van der Waals surface area contributed by atoms with Crippen LogP contribution in [0.25, 0.3) is 16.8 Å². The summed E-state index contributed by atoms with van der Waals surface area (Å²) in [4.78, 5) is 16.1. The number of nitrogens with zero attached hydrogens (tertiary/aromatic N) is 1. The Bertz CT molecular complexity index is 1220. The third-order valence-electron chi connectivity index (χ3n) is 5.82. The van der Waals surface area contributed by atoms with Crippen LogP contribution in [0.1, 0.15) is 31.9 Å². The van der Waals surface area contributed by atoms with Crippen molar-refractivity contribution >= 4 is 22.9 Å². The van der Waals surface area contributed by atoms with E-state index in [4.69, 9.17) is 0 Å². The molecule has 0 aliphatic rings. The Morgan fingerprint density at radius 1 is 0.812 bits per heavy atom. The average Bonchev–Trinajstić information content (AvgIpc) is 3.26. The Kier molecular flexibility index (Phi) is 6.67. The van der Waals surface area contributed by atoms with Gasteiger partial charge in [-0.2, -0.15) is 0 Å². The van der Waals surface area contributed by atoms with Crippen LogP contribution in [0.5, 0.6) is 0 Å². The Labute approximate surface area is 194 Å². The van der Waals surface area contributed by atoms with Gasteiger partial charge in [0.1, 0.15) is 0 Å². The number of hydrogen-bond acceptors (Lipinski definition) is 2. The van der Waals surface area contributed by atoms with E-state index in [2.05, 4.69) is 68.1 Å². The predicted octanol–water partition coefficient (Wildman–Crippen LogP) is 7.39. The van der Waals surface area contributed by atoms with E-state index < -0.39 is 0 Å². The molecule has 0 fully saturated rings. The van der Waals surface area contributed by atoms with Gasteiger partial charge in [0.15, 0.2) is 0 Å². The molecule has 1 aromatic heterocycles. The molecule has 0 spiro atoms. The van der Waals surface area contributed by atoms with Gasteiger partial charge in [0.25, 0.3) is 5.91 Å². The van der Waals surface area contributed by atoms with Gasteiger partial charge in [-0.15, -0.1) is 11.3 Å². The van der Waals surface area contributed by atoms with Gasteiger partial charge < -0.3 is 4.90 Å².